The fraction of sp³-hybridized carbons (Fsp3) is 0.348. The normalized spacial score (nSPS) is 20.7. The van der Waals surface area contributed by atoms with E-state index in [0.717, 1.165) is 16.7 Å². The summed E-state index contributed by atoms with van der Waals surface area (Å²) >= 11 is 0. The molecule has 2 aliphatic rings. The van der Waals surface area contributed by atoms with E-state index in [-0.39, 0.29) is 12.5 Å². The van der Waals surface area contributed by atoms with Crippen LogP contribution in [0.2, 0.25) is 0 Å². The number of amides is 4. The minimum absolute atomic E-state index is 0.108. The van der Waals surface area contributed by atoms with Gasteiger partial charge in [-0.05, 0) is 45.2 Å². The number of rotatable bonds is 2. The molecule has 32 heavy (non-hydrogen) atoms. The number of aromatic nitrogens is 2. The van der Waals surface area contributed by atoms with E-state index in [9.17, 15) is 14.4 Å². The second-order valence-corrected chi connectivity index (χ2v) is 8.64. The molecule has 0 aliphatic carbocycles. The number of pyridine rings is 1. The largest absolute Gasteiger partial charge is 0.336 e. The van der Waals surface area contributed by atoms with E-state index in [4.69, 9.17) is 4.52 Å². The molecule has 4 amide bonds. The molecule has 2 aliphatic heterocycles. The summed E-state index contributed by atoms with van der Waals surface area (Å²) in [5.41, 5.74) is 3.89. The Labute approximate surface area is 184 Å². The van der Waals surface area contributed by atoms with Crippen molar-refractivity contribution >= 4 is 28.9 Å². The third-order valence-corrected chi connectivity index (χ3v) is 6.30. The Morgan fingerprint density at radius 1 is 1.19 bits per heavy atom. The van der Waals surface area contributed by atoms with Gasteiger partial charge in [0.2, 0.25) is 0 Å². The number of nitrogens with zero attached hydrogens (tertiary/aromatic N) is 3. The van der Waals surface area contributed by atoms with E-state index >= 15 is 0 Å². The van der Waals surface area contributed by atoms with Gasteiger partial charge in [-0.25, -0.2) is 9.78 Å². The zero-order valence-electron chi connectivity index (χ0n) is 18.1. The number of urea groups is 1. The van der Waals surface area contributed by atoms with Gasteiger partial charge in [-0.3, -0.25) is 14.9 Å². The molecule has 0 saturated carbocycles. The van der Waals surface area contributed by atoms with Crippen molar-refractivity contribution in [2.75, 3.05) is 13.1 Å². The molecular formula is C23H23N5O4. The summed E-state index contributed by atoms with van der Waals surface area (Å²) in [4.78, 5) is 44.1. The molecule has 5 rings (SSSR count). The predicted octanol–water partition coefficient (Wildman–Crippen LogP) is 2.63. The Hall–Kier alpha value is -3.75. The average Bonchev–Trinajstić information content (AvgIpc) is 3.25. The first kappa shape index (κ1) is 20.2. The first-order valence-electron chi connectivity index (χ1n) is 10.5. The van der Waals surface area contributed by atoms with Crippen molar-refractivity contribution in [3.8, 4) is 11.3 Å². The molecule has 2 aromatic heterocycles. The van der Waals surface area contributed by atoms with Crippen LogP contribution >= 0.6 is 0 Å². The van der Waals surface area contributed by atoms with Crippen molar-refractivity contribution in [1.82, 2.24) is 25.7 Å². The van der Waals surface area contributed by atoms with Gasteiger partial charge in [-0.1, -0.05) is 28.9 Å². The van der Waals surface area contributed by atoms with Crippen LogP contribution in [0.25, 0.3) is 22.4 Å². The highest BCUT2D eigenvalue weighted by atomic mass is 16.5. The van der Waals surface area contributed by atoms with Gasteiger partial charge >= 0.3 is 6.03 Å². The molecule has 164 valence electrons. The molecule has 0 radical (unpaired) electrons. The van der Waals surface area contributed by atoms with Gasteiger partial charge in [0.15, 0.2) is 0 Å². The summed E-state index contributed by atoms with van der Waals surface area (Å²) in [6.07, 6.45) is 1.08. The molecule has 9 heteroatoms. The van der Waals surface area contributed by atoms with Gasteiger partial charge in [0.1, 0.15) is 5.54 Å². The van der Waals surface area contributed by atoms with E-state index in [1.807, 2.05) is 26.0 Å². The first-order valence-corrected chi connectivity index (χ1v) is 10.5. The minimum atomic E-state index is -1.09. The third kappa shape index (κ3) is 3.12. The second-order valence-electron chi connectivity index (χ2n) is 8.64. The summed E-state index contributed by atoms with van der Waals surface area (Å²) < 4.78 is 5.42. The maximum absolute atomic E-state index is 13.7. The van der Waals surface area contributed by atoms with E-state index < -0.39 is 17.5 Å². The van der Waals surface area contributed by atoms with Crippen LogP contribution in [0.5, 0.6) is 0 Å². The molecule has 3 aromatic rings. The number of likely N-dealkylation sites (tertiary alicyclic amines) is 1. The highest BCUT2D eigenvalue weighted by Gasteiger charge is 2.49. The molecule has 2 saturated heterocycles. The van der Waals surface area contributed by atoms with Crippen LogP contribution in [0, 0.1) is 20.8 Å². The molecule has 4 heterocycles. The number of carbonyl (C=O) groups is 3. The Morgan fingerprint density at radius 3 is 2.72 bits per heavy atom. The van der Waals surface area contributed by atoms with Gasteiger partial charge in [0, 0.05) is 12.1 Å². The lowest BCUT2D eigenvalue weighted by Crippen LogP contribution is -2.59. The van der Waals surface area contributed by atoms with Gasteiger partial charge < -0.3 is 14.7 Å². The topological polar surface area (TPSA) is 117 Å². The number of fused-ring (bicyclic) bond motifs is 1. The molecule has 2 N–H and O–H groups in total. The van der Waals surface area contributed by atoms with Crippen molar-refractivity contribution in [3.05, 3.63) is 46.6 Å². The number of benzene rings is 1. The van der Waals surface area contributed by atoms with Crippen LogP contribution in [-0.2, 0) is 4.79 Å². The lowest BCUT2D eigenvalue weighted by molar-refractivity contribution is -0.125. The van der Waals surface area contributed by atoms with E-state index in [1.54, 1.807) is 17.9 Å². The van der Waals surface area contributed by atoms with Crippen molar-refractivity contribution in [1.29, 1.82) is 0 Å². The summed E-state index contributed by atoms with van der Waals surface area (Å²) in [5.74, 6) is -0.639. The quantitative estimate of drug-likeness (QED) is 0.600. The van der Waals surface area contributed by atoms with Gasteiger partial charge in [0.25, 0.3) is 17.5 Å². The zero-order valence-corrected chi connectivity index (χ0v) is 18.1. The Morgan fingerprint density at radius 2 is 2.00 bits per heavy atom. The van der Waals surface area contributed by atoms with Crippen LogP contribution in [0.15, 0.2) is 28.8 Å². The van der Waals surface area contributed by atoms with Crippen LogP contribution < -0.4 is 10.6 Å². The van der Waals surface area contributed by atoms with Crippen molar-refractivity contribution in [3.63, 3.8) is 0 Å². The van der Waals surface area contributed by atoms with Gasteiger partial charge in [-0.15, -0.1) is 0 Å². The molecule has 1 aromatic carbocycles. The average molecular weight is 433 g/mol. The SMILES string of the molecule is Cc1ccc(-c2cc(C(=O)N3CCCC4(C3)NC(=O)NC4=O)c3c(C)noc3n2)c(C)c1. The second kappa shape index (κ2) is 7.15. The number of aryl methyl sites for hydroxylation is 3. The van der Waals surface area contributed by atoms with Crippen molar-refractivity contribution in [2.24, 2.45) is 0 Å². The number of carbonyl (C=O) groups excluding carboxylic acids is 3. The Bertz CT molecular complexity index is 1300. The minimum Gasteiger partial charge on any atom is -0.336 e. The number of hydrogen-bond donors (Lipinski definition) is 2. The van der Waals surface area contributed by atoms with Crippen molar-refractivity contribution < 1.29 is 18.9 Å². The summed E-state index contributed by atoms with van der Waals surface area (Å²) in [6.45, 7) is 6.38. The third-order valence-electron chi connectivity index (χ3n) is 6.30. The van der Waals surface area contributed by atoms with Gasteiger partial charge in [-0.2, -0.15) is 0 Å². The van der Waals surface area contributed by atoms with Crippen LogP contribution in [0.3, 0.4) is 0 Å². The number of nitrogens with one attached hydrogen (secondary N) is 2. The van der Waals surface area contributed by atoms with Crippen LogP contribution in [0.1, 0.15) is 40.0 Å². The smallest absolute Gasteiger partial charge is 0.322 e. The molecule has 1 atom stereocenters. The van der Waals surface area contributed by atoms with Crippen LogP contribution in [0.4, 0.5) is 4.79 Å². The fourth-order valence-electron chi connectivity index (χ4n) is 4.72. The molecule has 1 spiro atoms. The van der Waals surface area contributed by atoms with E-state index in [0.29, 0.717) is 47.4 Å². The molecule has 1 unspecified atom stereocenters. The lowest BCUT2D eigenvalue weighted by Gasteiger charge is -2.38. The predicted molar refractivity (Wildman–Crippen MR) is 116 cm³/mol. The number of imide groups is 1. The highest BCUT2D eigenvalue weighted by molar-refractivity contribution is 6.09. The van der Waals surface area contributed by atoms with Crippen molar-refractivity contribution in [2.45, 2.75) is 39.2 Å². The van der Waals surface area contributed by atoms with Gasteiger partial charge in [0.05, 0.1) is 28.9 Å². The highest BCUT2D eigenvalue weighted by Crippen LogP contribution is 2.32. The fourth-order valence-corrected chi connectivity index (χ4v) is 4.72. The Kier molecular flexibility index (Phi) is 4.51. The monoisotopic (exact) mass is 433 g/mol. The molecular weight excluding hydrogens is 410 g/mol. The standard InChI is InChI=1S/C23H23N5O4/c1-12-5-6-15(13(2)9-12)17-10-16(18-14(3)27-32-19(18)24-17)20(29)28-8-4-7-23(11-28)21(30)25-22(31)26-23/h5-6,9-10H,4,7-8,11H2,1-3H3,(H2,25,26,30,31). The van der Waals surface area contributed by atoms with E-state index in [2.05, 4.69) is 26.8 Å². The molecule has 2 fully saturated rings. The zero-order chi connectivity index (χ0) is 22.6. The Balaban J connectivity index is 1.58. The van der Waals surface area contributed by atoms with E-state index in [1.165, 1.54) is 0 Å². The first-order chi connectivity index (χ1) is 15.3. The number of piperidine rings is 1. The lowest BCUT2D eigenvalue weighted by atomic mass is 9.88. The maximum atomic E-state index is 13.7. The maximum Gasteiger partial charge on any atom is 0.322 e. The summed E-state index contributed by atoms with van der Waals surface area (Å²) in [5, 5.41) is 9.58. The molecule has 9 nitrogen and oxygen atoms in total. The summed E-state index contributed by atoms with van der Waals surface area (Å²) in [6, 6.07) is 7.27. The molecule has 0 bridgehead atoms. The van der Waals surface area contributed by atoms with Crippen LogP contribution in [-0.4, -0.2) is 51.5 Å². The summed E-state index contributed by atoms with van der Waals surface area (Å²) in [7, 11) is 0. The number of hydrogen-bond acceptors (Lipinski definition) is 6.